The molecule has 2 aromatic carbocycles. The van der Waals surface area contributed by atoms with Crippen molar-refractivity contribution in [3.63, 3.8) is 0 Å². The lowest BCUT2D eigenvalue weighted by atomic mass is 9.88. The number of unbranched alkanes of at least 4 members (excludes halogenated alkanes) is 20. The number of nitrogens with one attached hydrogen (secondary N) is 4. The van der Waals surface area contributed by atoms with Gasteiger partial charge >= 0.3 is 11.9 Å². The predicted octanol–water partition coefficient (Wildman–Crippen LogP) is 12.0. The molecule has 0 unspecified atom stereocenters. The number of anilines is 2. The number of benzene rings is 2. The van der Waals surface area contributed by atoms with E-state index in [1.165, 1.54) is 25.3 Å². The zero-order valence-electron chi connectivity index (χ0n) is 35.5. The van der Waals surface area contributed by atoms with Crippen molar-refractivity contribution < 1.29 is 29.4 Å². The first kappa shape index (κ1) is 48.3. The Hall–Kier alpha value is -3.82. The smallest absolute Gasteiger partial charge is 0.338 e. The maximum absolute atomic E-state index is 14.3. The summed E-state index contributed by atoms with van der Waals surface area (Å²) in [6.07, 6.45) is 25.1. The molecule has 0 fully saturated rings. The molecule has 10 nitrogen and oxygen atoms in total. The van der Waals surface area contributed by atoms with Gasteiger partial charge in [-0.25, -0.2) is 9.59 Å². The normalized spacial score (nSPS) is 11.1. The van der Waals surface area contributed by atoms with Crippen molar-refractivity contribution in [2.24, 2.45) is 0 Å². The second kappa shape index (κ2) is 29.4. The van der Waals surface area contributed by atoms with Crippen LogP contribution in [0, 0.1) is 0 Å². The number of amides is 2. The average Bonchev–Trinajstić information content (AvgIpc) is 3.18. The molecule has 2 rings (SSSR count). The van der Waals surface area contributed by atoms with Gasteiger partial charge in [0.1, 0.15) is 0 Å². The van der Waals surface area contributed by atoms with Gasteiger partial charge in [-0.3, -0.25) is 9.59 Å². The fourth-order valence-corrected chi connectivity index (χ4v) is 7.37. The molecule has 0 spiro atoms. The maximum atomic E-state index is 14.3. The molecule has 0 atom stereocenters. The highest BCUT2D eigenvalue weighted by Gasteiger charge is 2.31. The maximum Gasteiger partial charge on any atom is 0.338 e. The number of hydrogen-bond donors (Lipinski definition) is 6. The molecule has 56 heavy (non-hydrogen) atoms. The SMILES string of the molecule is CCCCCCCCNC(=O)c1cc(NCCCCCCCC)c(C(=O)NCCCCCCCC)c2c(C(=O)O)cc(NCCCCCCCC)c(C(=O)O)c12. The zero-order chi connectivity index (χ0) is 41.0. The summed E-state index contributed by atoms with van der Waals surface area (Å²) in [5.41, 5.74) is 0.162. The number of carbonyl (C=O) groups is 4. The van der Waals surface area contributed by atoms with Crippen molar-refractivity contribution in [2.75, 3.05) is 36.8 Å². The van der Waals surface area contributed by atoms with E-state index in [4.69, 9.17) is 0 Å². The van der Waals surface area contributed by atoms with E-state index in [0.717, 1.165) is 135 Å². The van der Waals surface area contributed by atoms with E-state index in [-0.39, 0.29) is 38.7 Å². The van der Waals surface area contributed by atoms with E-state index in [2.05, 4.69) is 49.0 Å². The van der Waals surface area contributed by atoms with E-state index < -0.39 is 23.8 Å². The van der Waals surface area contributed by atoms with Crippen LogP contribution in [-0.4, -0.2) is 60.1 Å². The van der Waals surface area contributed by atoms with Crippen LogP contribution in [0.15, 0.2) is 12.1 Å². The topological polar surface area (TPSA) is 157 Å². The van der Waals surface area contributed by atoms with Gasteiger partial charge in [0, 0.05) is 42.6 Å². The number of fused-ring (bicyclic) bond motifs is 1. The van der Waals surface area contributed by atoms with Crippen LogP contribution < -0.4 is 21.3 Å². The summed E-state index contributed by atoms with van der Waals surface area (Å²) in [6.45, 7) is 10.4. The van der Waals surface area contributed by atoms with Crippen LogP contribution in [0.4, 0.5) is 11.4 Å². The summed E-state index contributed by atoms with van der Waals surface area (Å²) in [4.78, 5) is 54.9. The molecule has 10 heteroatoms. The number of carboxylic acid groups (broad SMARTS) is 2. The predicted molar refractivity (Wildman–Crippen MR) is 233 cm³/mol. The Labute approximate surface area is 338 Å². The van der Waals surface area contributed by atoms with Crippen LogP contribution in [-0.2, 0) is 0 Å². The van der Waals surface area contributed by atoms with Gasteiger partial charge in [-0.1, -0.05) is 156 Å². The van der Waals surface area contributed by atoms with E-state index >= 15 is 0 Å². The van der Waals surface area contributed by atoms with Crippen LogP contribution in [0.2, 0.25) is 0 Å². The molecule has 0 saturated heterocycles. The summed E-state index contributed by atoms with van der Waals surface area (Å²) in [5.74, 6) is -3.57. The van der Waals surface area contributed by atoms with E-state index in [9.17, 15) is 29.4 Å². The fraction of sp³-hybridized carbons (Fsp3) is 0.696. The van der Waals surface area contributed by atoms with E-state index in [0.29, 0.717) is 31.9 Å². The molecule has 0 aliphatic heterocycles. The third-order valence-electron chi connectivity index (χ3n) is 10.6. The van der Waals surface area contributed by atoms with Gasteiger partial charge < -0.3 is 31.5 Å². The summed E-state index contributed by atoms with van der Waals surface area (Å²) in [7, 11) is 0. The van der Waals surface area contributed by atoms with Crippen LogP contribution >= 0.6 is 0 Å². The molecule has 6 N–H and O–H groups in total. The van der Waals surface area contributed by atoms with Crippen LogP contribution in [0.3, 0.4) is 0 Å². The number of carboxylic acids is 2. The molecule has 0 heterocycles. The second-order valence-corrected chi connectivity index (χ2v) is 15.5. The van der Waals surface area contributed by atoms with Crippen LogP contribution in [0.1, 0.15) is 223 Å². The zero-order valence-corrected chi connectivity index (χ0v) is 35.5. The highest BCUT2D eigenvalue weighted by molar-refractivity contribution is 6.27. The summed E-state index contributed by atoms with van der Waals surface area (Å²) < 4.78 is 0. The molecule has 0 saturated carbocycles. The molecule has 316 valence electrons. The van der Waals surface area contributed by atoms with E-state index in [1.54, 1.807) is 6.07 Å². The van der Waals surface area contributed by atoms with Crippen molar-refractivity contribution in [3.05, 3.63) is 34.4 Å². The first-order valence-electron chi connectivity index (χ1n) is 22.4. The molecule has 0 aliphatic rings. The Morgan fingerprint density at radius 1 is 0.411 bits per heavy atom. The second-order valence-electron chi connectivity index (χ2n) is 15.5. The van der Waals surface area contributed by atoms with Gasteiger partial charge in [-0.05, 0) is 37.8 Å². The van der Waals surface area contributed by atoms with Crippen molar-refractivity contribution >= 4 is 45.9 Å². The lowest BCUT2D eigenvalue weighted by Gasteiger charge is -2.22. The minimum absolute atomic E-state index is 0.0295. The fourth-order valence-electron chi connectivity index (χ4n) is 7.37. The van der Waals surface area contributed by atoms with Gasteiger partial charge in [-0.15, -0.1) is 0 Å². The number of carbonyl (C=O) groups excluding carboxylic acids is 2. The standard InChI is InChI=1S/C46H76N4O6/c1-5-9-13-17-21-25-29-47-37-33-35(43(51)49-31-27-23-19-15-11-7-3)39-40(41(37)44(52)50-32-28-24-20-16-12-8-4)36(45(53)54)34-38(42(39)46(55)56)48-30-26-22-18-14-10-6-2/h33-34,47-48H,5-32H2,1-4H3,(H,49,51)(H,50,52)(H,53,54)(H,55,56). The monoisotopic (exact) mass is 781 g/mol. The highest BCUT2D eigenvalue weighted by atomic mass is 16.4. The molecule has 2 amide bonds. The number of rotatable bonds is 34. The average molecular weight is 781 g/mol. The van der Waals surface area contributed by atoms with Gasteiger partial charge in [0.2, 0.25) is 0 Å². The minimum Gasteiger partial charge on any atom is -0.478 e. The Kier molecular flexibility index (Phi) is 25.4. The van der Waals surface area contributed by atoms with Crippen molar-refractivity contribution in [3.8, 4) is 0 Å². The molecule has 0 radical (unpaired) electrons. The Bertz CT molecular complexity index is 1480. The lowest BCUT2D eigenvalue weighted by molar-refractivity contribution is 0.0684. The molecule has 0 aliphatic carbocycles. The first-order chi connectivity index (χ1) is 27.2. The van der Waals surface area contributed by atoms with Gasteiger partial charge in [0.05, 0.1) is 27.9 Å². The Balaban J connectivity index is 2.70. The van der Waals surface area contributed by atoms with Crippen molar-refractivity contribution in [2.45, 2.75) is 182 Å². The van der Waals surface area contributed by atoms with Crippen molar-refractivity contribution in [1.29, 1.82) is 0 Å². The first-order valence-corrected chi connectivity index (χ1v) is 22.4. The quantitative estimate of drug-likeness (QED) is 0.0383. The van der Waals surface area contributed by atoms with E-state index in [1.807, 2.05) is 0 Å². The Morgan fingerprint density at radius 3 is 1.16 bits per heavy atom. The largest absolute Gasteiger partial charge is 0.478 e. The molecular weight excluding hydrogens is 705 g/mol. The number of hydrogen-bond acceptors (Lipinski definition) is 6. The molecule has 2 aromatic rings. The van der Waals surface area contributed by atoms with Gasteiger partial charge in [-0.2, -0.15) is 0 Å². The molecular formula is C46H76N4O6. The third-order valence-corrected chi connectivity index (χ3v) is 10.6. The summed E-state index contributed by atoms with van der Waals surface area (Å²) in [5, 5.41) is 34.1. The number of aromatic carboxylic acids is 2. The van der Waals surface area contributed by atoms with Crippen LogP contribution in [0.25, 0.3) is 10.8 Å². The third kappa shape index (κ3) is 17.1. The Morgan fingerprint density at radius 2 is 0.750 bits per heavy atom. The van der Waals surface area contributed by atoms with Gasteiger partial charge in [0.25, 0.3) is 11.8 Å². The minimum atomic E-state index is -1.30. The molecule has 0 bridgehead atoms. The van der Waals surface area contributed by atoms with Crippen molar-refractivity contribution in [1.82, 2.24) is 10.6 Å². The lowest BCUT2D eigenvalue weighted by Crippen LogP contribution is -2.29. The summed E-state index contributed by atoms with van der Waals surface area (Å²) in [6, 6.07) is 2.91. The molecule has 0 aromatic heterocycles. The summed E-state index contributed by atoms with van der Waals surface area (Å²) >= 11 is 0. The van der Waals surface area contributed by atoms with Crippen LogP contribution in [0.5, 0.6) is 0 Å². The van der Waals surface area contributed by atoms with Gasteiger partial charge in [0.15, 0.2) is 0 Å². The highest BCUT2D eigenvalue weighted by Crippen LogP contribution is 2.39.